The van der Waals surface area contributed by atoms with Crippen LogP contribution in [-0.4, -0.2) is 17.2 Å². The van der Waals surface area contributed by atoms with Crippen molar-refractivity contribution in [2.75, 3.05) is 0 Å². The zero-order valence-corrected chi connectivity index (χ0v) is 12.0. The molecule has 17 heavy (non-hydrogen) atoms. The fourth-order valence-corrected chi connectivity index (χ4v) is 2.65. The summed E-state index contributed by atoms with van der Waals surface area (Å²) in [6, 6.07) is 0. The Morgan fingerprint density at radius 2 is 2.18 bits per heavy atom. The maximum Gasteiger partial charge on any atom is 0.288 e. The Morgan fingerprint density at radius 3 is 2.65 bits per heavy atom. The van der Waals surface area contributed by atoms with Gasteiger partial charge in [-0.1, -0.05) is 49.1 Å². The van der Waals surface area contributed by atoms with Crippen LogP contribution < -0.4 is 0 Å². The van der Waals surface area contributed by atoms with Gasteiger partial charge in [0.1, 0.15) is 0 Å². The van der Waals surface area contributed by atoms with Gasteiger partial charge in [-0.2, -0.15) is 8.42 Å². The van der Waals surface area contributed by atoms with Crippen molar-refractivity contribution in [1.82, 2.24) is 0 Å². The largest absolute Gasteiger partial charge is 0.288 e. The smallest absolute Gasteiger partial charge is 0.284 e. The summed E-state index contributed by atoms with van der Waals surface area (Å²) in [7, 11) is -4.28. The molecule has 1 aliphatic rings. The minimum Gasteiger partial charge on any atom is -0.284 e. The summed E-state index contributed by atoms with van der Waals surface area (Å²) in [5, 5.41) is 0. The number of alkyl halides is 1. The monoisotopic (exact) mass is 278 g/mol. The van der Waals surface area contributed by atoms with E-state index in [0.29, 0.717) is 5.92 Å². The molecule has 2 atom stereocenters. The van der Waals surface area contributed by atoms with Crippen LogP contribution in [0.2, 0.25) is 0 Å². The van der Waals surface area contributed by atoms with Crippen molar-refractivity contribution in [3.05, 3.63) is 23.3 Å². The molecular formula is C12H19ClO3S. The lowest BCUT2D eigenvalue weighted by Crippen LogP contribution is -2.32. The molecule has 5 heteroatoms. The van der Waals surface area contributed by atoms with E-state index in [-0.39, 0.29) is 6.42 Å². The van der Waals surface area contributed by atoms with Crippen LogP contribution in [0.3, 0.4) is 0 Å². The van der Waals surface area contributed by atoms with Gasteiger partial charge in [0.05, 0.1) is 0 Å². The minimum absolute atomic E-state index is 0.167. The molecule has 98 valence electrons. The summed E-state index contributed by atoms with van der Waals surface area (Å²) in [5.41, 5.74) is 2.06. The molecule has 0 heterocycles. The topological polar surface area (TPSA) is 54.4 Å². The van der Waals surface area contributed by atoms with Gasteiger partial charge in [-0.15, -0.1) is 0 Å². The Labute approximate surface area is 108 Å². The van der Waals surface area contributed by atoms with Crippen LogP contribution in [0.5, 0.6) is 0 Å². The van der Waals surface area contributed by atoms with Gasteiger partial charge in [-0.3, -0.25) is 4.55 Å². The van der Waals surface area contributed by atoms with Gasteiger partial charge in [-0.25, -0.2) is 0 Å². The zero-order valence-electron chi connectivity index (χ0n) is 10.4. The molecule has 3 nitrogen and oxygen atoms in total. The van der Waals surface area contributed by atoms with E-state index >= 15 is 0 Å². The maximum absolute atomic E-state index is 11.3. The Bertz CT molecular complexity index is 450. The molecule has 0 bridgehead atoms. The van der Waals surface area contributed by atoms with E-state index in [4.69, 9.17) is 16.2 Å². The fourth-order valence-electron chi connectivity index (χ4n) is 1.83. The Morgan fingerprint density at radius 1 is 1.59 bits per heavy atom. The predicted molar refractivity (Wildman–Crippen MR) is 70.7 cm³/mol. The first-order valence-electron chi connectivity index (χ1n) is 5.73. The Balaban J connectivity index is 2.98. The second-order valence-corrected chi connectivity index (χ2v) is 7.35. The van der Waals surface area contributed by atoms with Crippen LogP contribution in [0.4, 0.5) is 0 Å². The third-order valence-electron chi connectivity index (χ3n) is 3.31. The van der Waals surface area contributed by atoms with Gasteiger partial charge >= 0.3 is 0 Å². The summed E-state index contributed by atoms with van der Waals surface area (Å²) >= 11 is 5.98. The van der Waals surface area contributed by atoms with Crippen LogP contribution in [0, 0.1) is 5.92 Å². The number of halogens is 1. The molecule has 0 aromatic carbocycles. The highest BCUT2D eigenvalue weighted by atomic mass is 35.5. The van der Waals surface area contributed by atoms with Gasteiger partial charge in [0.15, 0.2) is 4.21 Å². The Kier molecular flexibility index (Phi) is 4.44. The summed E-state index contributed by atoms with van der Waals surface area (Å²) < 4.78 is 30.0. The molecule has 0 saturated heterocycles. The molecule has 0 amide bonds. The van der Waals surface area contributed by atoms with E-state index in [0.717, 1.165) is 24.0 Å². The van der Waals surface area contributed by atoms with Crippen molar-refractivity contribution in [2.45, 2.75) is 44.2 Å². The molecule has 0 radical (unpaired) electrons. The van der Waals surface area contributed by atoms with Crippen LogP contribution >= 0.6 is 11.6 Å². The lowest BCUT2D eigenvalue weighted by Gasteiger charge is -2.27. The van der Waals surface area contributed by atoms with E-state index < -0.39 is 14.3 Å². The number of hydrogen-bond acceptors (Lipinski definition) is 2. The highest BCUT2D eigenvalue weighted by Gasteiger charge is 2.41. The highest BCUT2D eigenvalue weighted by molar-refractivity contribution is 7.88. The van der Waals surface area contributed by atoms with E-state index in [1.54, 1.807) is 6.08 Å². The minimum atomic E-state index is -4.28. The lowest BCUT2D eigenvalue weighted by atomic mass is 9.89. The van der Waals surface area contributed by atoms with Crippen LogP contribution in [-0.2, 0) is 10.1 Å². The lowest BCUT2D eigenvalue weighted by molar-refractivity contribution is 0.463. The Hall–Kier alpha value is -0.320. The first-order valence-corrected chi connectivity index (χ1v) is 7.55. The highest BCUT2D eigenvalue weighted by Crippen LogP contribution is 2.38. The SMILES string of the molecule is CCC(C)CC1=C(C)C=C[C@](Cl)(S(=O)(=O)O)C1. The van der Waals surface area contributed by atoms with Crippen LogP contribution in [0.25, 0.3) is 0 Å². The molecule has 1 unspecified atom stereocenters. The average molecular weight is 279 g/mol. The third kappa shape index (κ3) is 3.33. The molecule has 0 fully saturated rings. The van der Waals surface area contributed by atoms with Gasteiger partial charge in [0.2, 0.25) is 0 Å². The molecule has 0 spiro atoms. The second kappa shape index (κ2) is 5.12. The quantitative estimate of drug-likeness (QED) is 0.632. The second-order valence-electron chi connectivity index (χ2n) is 4.78. The normalized spacial score (nSPS) is 27.4. The van der Waals surface area contributed by atoms with Crippen LogP contribution in [0.1, 0.15) is 40.0 Å². The van der Waals surface area contributed by atoms with Gasteiger partial charge in [0.25, 0.3) is 10.1 Å². The fraction of sp³-hybridized carbons (Fsp3) is 0.667. The number of hydrogen-bond donors (Lipinski definition) is 1. The van der Waals surface area contributed by atoms with E-state index in [1.165, 1.54) is 6.08 Å². The molecule has 0 aromatic heterocycles. The number of allylic oxidation sites excluding steroid dienone is 3. The van der Waals surface area contributed by atoms with Crippen molar-refractivity contribution in [1.29, 1.82) is 0 Å². The molecule has 1 aliphatic carbocycles. The molecule has 0 aliphatic heterocycles. The predicted octanol–water partition coefficient (Wildman–Crippen LogP) is 3.52. The van der Waals surface area contributed by atoms with E-state index in [2.05, 4.69) is 13.8 Å². The van der Waals surface area contributed by atoms with Crippen molar-refractivity contribution < 1.29 is 13.0 Å². The van der Waals surface area contributed by atoms with E-state index in [1.807, 2.05) is 6.92 Å². The van der Waals surface area contributed by atoms with Gasteiger partial charge < -0.3 is 0 Å². The zero-order chi connectivity index (χ0) is 13.3. The summed E-state index contributed by atoms with van der Waals surface area (Å²) in [6.45, 7) is 6.15. The van der Waals surface area contributed by atoms with Crippen molar-refractivity contribution in [3.63, 3.8) is 0 Å². The maximum atomic E-state index is 11.3. The summed E-state index contributed by atoms with van der Waals surface area (Å²) in [5.74, 6) is 0.480. The molecule has 1 rings (SSSR count). The molecule has 0 saturated carbocycles. The van der Waals surface area contributed by atoms with Gasteiger partial charge in [0, 0.05) is 6.42 Å². The van der Waals surface area contributed by atoms with Crippen molar-refractivity contribution in [2.24, 2.45) is 5.92 Å². The average Bonchev–Trinajstić information content (AvgIpc) is 2.22. The number of rotatable bonds is 4. The molecular weight excluding hydrogens is 260 g/mol. The first-order chi connectivity index (χ1) is 7.69. The summed E-state index contributed by atoms with van der Waals surface area (Å²) in [4.78, 5) is 0. The van der Waals surface area contributed by atoms with E-state index in [9.17, 15) is 8.42 Å². The molecule has 1 N–H and O–H groups in total. The standard InChI is InChI=1S/C12H19ClO3S/c1-4-9(2)7-11-8-12(13,17(14,15)16)6-5-10(11)3/h5-6,9H,4,7-8H2,1-3H3,(H,14,15,16)/t9?,12-/m0/s1. The first kappa shape index (κ1) is 14.7. The van der Waals surface area contributed by atoms with Crippen molar-refractivity contribution >= 4 is 21.7 Å². The summed E-state index contributed by atoms with van der Waals surface area (Å²) in [6.07, 6.45) is 5.06. The molecule has 0 aromatic rings. The van der Waals surface area contributed by atoms with Crippen molar-refractivity contribution in [3.8, 4) is 0 Å². The van der Waals surface area contributed by atoms with Crippen LogP contribution in [0.15, 0.2) is 23.3 Å². The van der Waals surface area contributed by atoms with Gasteiger partial charge in [-0.05, 0) is 25.3 Å². The third-order valence-corrected chi connectivity index (χ3v) is 5.30.